The fourth-order valence-corrected chi connectivity index (χ4v) is 3.75. The van der Waals surface area contributed by atoms with Crippen LogP contribution in [0.25, 0.3) is 44.9 Å². The van der Waals surface area contributed by atoms with Crippen LogP contribution in [0.15, 0.2) is 86.0 Å². The van der Waals surface area contributed by atoms with Gasteiger partial charge in [-0.2, -0.15) is 0 Å². The maximum Gasteiger partial charge on any atom is 0.0730 e. The summed E-state index contributed by atoms with van der Waals surface area (Å²) in [5.41, 5.74) is 12.5. The summed E-state index contributed by atoms with van der Waals surface area (Å²) in [5.74, 6) is 0. The molecule has 0 unspecified atom stereocenters. The number of fused-ring (bicyclic) bond motifs is 3. The summed E-state index contributed by atoms with van der Waals surface area (Å²) in [6, 6.07) is 24.2. The van der Waals surface area contributed by atoms with Gasteiger partial charge in [0.1, 0.15) is 0 Å². The quantitative estimate of drug-likeness (QED) is 0.335. The molecule has 0 aliphatic rings. The van der Waals surface area contributed by atoms with E-state index in [9.17, 15) is 0 Å². The molecule has 0 bridgehead atoms. The molecule has 5 aromatic rings. The van der Waals surface area contributed by atoms with Crippen LogP contribution in [0.3, 0.4) is 0 Å². The van der Waals surface area contributed by atoms with Gasteiger partial charge < -0.3 is 11.1 Å². The number of hydrogen-bond acceptors (Lipinski definition) is 4. The standard InChI is InChI=1S/C14H12N2.C13H12N2/c1-15-14-10-6-2-4-8-12(10)16-13-9-5-3-7-11(13)14;1-3-9-11(4-2)15-12-8-6-5-7-10(12)13(9)14/h2-9H,1H3,(H,15,16);3-8H,1-2H2,(H2,14,15). The van der Waals surface area contributed by atoms with Gasteiger partial charge in [-0.3, -0.25) is 0 Å². The topological polar surface area (TPSA) is 63.8 Å². The largest absolute Gasteiger partial charge is 0.398 e. The number of nitrogens with two attached hydrogens (primary N) is 1. The predicted molar refractivity (Wildman–Crippen MR) is 135 cm³/mol. The summed E-state index contributed by atoms with van der Waals surface area (Å²) in [6.45, 7) is 7.46. The van der Waals surface area contributed by atoms with Crippen molar-refractivity contribution in [1.82, 2.24) is 9.97 Å². The highest BCUT2D eigenvalue weighted by Gasteiger charge is 2.07. The maximum absolute atomic E-state index is 6.05. The number of nitrogens with zero attached hydrogens (tertiary/aromatic N) is 2. The number of para-hydroxylation sites is 3. The Kier molecular flexibility index (Phi) is 5.63. The molecule has 0 aliphatic carbocycles. The van der Waals surface area contributed by atoms with Crippen molar-refractivity contribution in [2.75, 3.05) is 18.1 Å². The minimum absolute atomic E-state index is 0.713. The highest BCUT2D eigenvalue weighted by molar-refractivity contribution is 6.07. The molecule has 2 aromatic heterocycles. The van der Waals surface area contributed by atoms with Crippen molar-refractivity contribution in [3.05, 3.63) is 97.2 Å². The molecule has 0 fully saturated rings. The summed E-state index contributed by atoms with van der Waals surface area (Å²) in [6.07, 6.45) is 3.41. The number of hydrogen-bond donors (Lipinski definition) is 2. The smallest absolute Gasteiger partial charge is 0.0730 e. The Morgan fingerprint density at radius 2 is 1.19 bits per heavy atom. The zero-order valence-electron chi connectivity index (χ0n) is 17.5. The van der Waals surface area contributed by atoms with E-state index in [1.807, 2.05) is 67.7 Å². The number of nitrogens with one attached hydrogen (secondary N) is 1. The van der Waals surface area contributed by atoms with Gasteiger partial charge in [0.2, 0.25) is 0 Å². The van der Waals surface area contributed by atoms with Crippen molar-refractivity contribution in [1.29, 1.82) is 0 Å². The molecule has 5 rings (SSSR count). The zero-order valence-corrected chi connectivity index (χ0v) is 17.5. The van der Waals surface area contributed by atoms with Gasteiger partial charge in [-0.05, 0) is 24.3 Å². The van der Waals surface area contributed by atoms with Crippen LogP contribution < -0.4 is 11.1 Å². The van der Waals surface area contributed by atoms with Crippen molar-refractivity contribution < 1.29 is 0 Å². The summed E-state index contributed by atoms with van der Waals surface area (Å²) in [5, 5.41) is 6.57. The molecule has 3 aromatic carbocycles. The first-order valence-corrected chi connectivity index (χ1v) is 10.1. The van der Waals surface area contributed by atoms with E-state index in [-0.39, 0.29) is 0 Å². The Morgan fingerprint density at radius 3 is 1.68 bits per heavy atom. The third-order valence-electron chi connectivity index (χ3n) is 5.24. The molecule has 31 heavy (non-hydrogen) atoms. The van der Waals surface area contributed by atoms with Gasteiger partial charge in [0.25, 0.3) is 0 Å². The van der Waals surface area contributed by atoms with Crippen molar-refractivity contribution in [2.24, 2.45) is 0 Å². The molecular formula is C27H24N4. The van der Waals surface area contributed by atoms with Crippen LogP contribution in [0.2, 0.25) is 0 Å². The van der Waals surface area contributed by atoms with E-state index in [2.05, 4.69) is 40.6 Å². The van der Waals surface area contributed by atoms with Gasteiger partial charge in [0.15, 0.2) is 0 Å². The second-order valence-electron chi connectivity index (χ2n) is 7.02. The van der Waals surface area contributed by atoms with Crippen LogP contribution in [0.4, 0.5) is 11.4 Å². The number of benzene rings is 3. The molecule has 0 amide bonds. The lowest BCUT2D eigenvalue weighted by molar-refractivity contribution is 1.36. The SMILES string of the molecule is C=Cc1nc2ccccc2c(N)c1C=C.CNc1c2ccccc2nc2ccccc12. The summed E-state index contributed by atoms with van der Waals surface area (Å²) in [4.78, 5) is 9.10. The second kappa shape index (κ2) is 8.67. The van der Waals surface area contributed by atoms with E-state index >= 15 is 0 Å². The molecule has 4 heteroatoms. The molecule has 4 nitrogen and oxygen atoms in total. The Labute approximate surface area is 181 Å². The van der Waals surface area contributed by atoms with Crippen LogP contribution in [-0.4, -0.2) is 17.0 Å². The molecule has 3 N–H and O–H groups in total. The Morgan fingerprint density at radius 1 is 0.710 bits per heavy atom. The van der Waals surface area contributed by atoms with E-state index in [0.29, 0.717) is 5.69 Å². The molecule has 0 saturated heterocycles. The number of pyridine rings is 2. The Bertz CT molecular complexity index is 1370. The fourth-order valence-electron chi connectivity index (χ4n) is 3.75. The summed E-state index contributed by atoms with van der Waals surface area (Å²) in [7, 11) is 1.95. The molecule has 0 radical (unpaired) electrons. The third-order valence-corrected chi connectivity index (χ3v) is 5.24. The van der Waals surface area contributed by atoms with Crippen LogP contribution in [0.5, 0.6) is 0 Å². The maximum atomic E-state index is 6.05. The third kappa shape index (κ3) is 3.71. The minimum Gasteiger partial charge on any atom is -0.398 e. The lowest BCUT2D eigenvalue weighted by atomic mass is 10.1. The predicted octanol–water partition coefficient (Wildman–Crippen LogP) is 6.53. The van der Waals surface area contributed by atoms with E-state index in [0.717, 1.165) is 38.9 Å². The highest BCUT2D eigenvalue weighted by atomic mass is 14.8. The molecular weight excluding hydrogens is 380 g/mol. The van der Waals surface area contributed by atoms with E-state index < -0.39 is 0 Å². The van der Waals surface area contributed by atoms with E-state index in [1.54, 1.807) is 12.2 Å². The number of anilines is 2. The van der Waals surface area contributed by atoms with E-state index in [4.69, 9.17) is 5.73 Å². The molecule has 0 spiro atoms. The van der Waals surface area contributed by atoms with Crippen LogP contribution in [0, 0.1) is 0 Å². The molecule has 0 aliphatic heterocycles. The number of rotatable bonds is 3. The fraction of sp³-hybridized carbons (Fsp3) is 0.0370. The molecule has 0 atom stereocenters. The first-order chi connectivity index (χ1) is 15.2. The first kappa shape index (κ1) is 20.1. The van der Waals surface area contributed by atoms with Crippen molar-refractivity contribution in [3.8, 4) is 0 Å². The number of aromatic nitrogens is 2. The van der Waals surface area contributed by atoms with Crippen molar-refractivity contribution in [3.63, 3.8) is 0 Å². The molecule has 0 saturated carbocycles. The number of nitrogen functional groups attached to an aromatic ring is 1. The van der Waals surface area contributed by atoms with Crippen molar-refractivity contribution >= 4 is 56.2 Å². The monoisotopic (exact) mass is 404 g/mol. The van der Waals surface area contributed by atoms with Crippen LogP contribution in [-0.2, 0) is 0 Å². The van der Waals surface area contributed by atoms with Gasteiger partial charge in [0, 0.05) is 28.8 Å². The average Bonchev–Trinajstić information content (AvgIpc) is 2.82. The van der Waals surface area contributed by atoms with Gasteiger partial charge in [-0.25, -0.2) is 9.97 Å². The van der Waals surface area contributed by atoms with Gasteiger partial charge >= 0.3 is 0 Å². The molecule has 152 valence electrons. The van der Waals surface area contributed by atoms with Crippen molar-refractivity contribution in [2.45, 2.75) is 0 Å². The zero-order chi connectivity index (χ0) is 21.8. The summed E-state index contributed by atoms with van der Waals surface area (Å²) < 4.78 is 0. The first-order valence-electron chi connectivity index (χ1n) is 10.1. The van der Waals surface area contributed by atoms with E-state index in [1.165, 1.54) is 10.8 Å². The highest BCUT2D eigenvalue weighted by Crippen LogP contribution is 2.30. The summed E-state index contributed by atoms with van der Waals surface area (Å²) >= 11 is 0. The minimum atomic E-state index is 0.713. The molecule has 2 heterocycles. The lowest BCUT2D eigenvalue weighted by Gasteiger charge is -2.09. The second-order valence-corrected chi connectivity index (χ2v) is 7.02. The normalized spacial score (nSPS) is 10.5. The van der Waals surface area contributed by atoms with Gasteiger partial charge in [-0.1, -0.05) is 73.8 Å². The van der Waals surface area contributed by atoms with Gasteiger partial charge in [0.05, 0.1) is 33.6 Å². The van der Waals surface area contributed by atoms with Gasteiger partial charge in [-0.15, -0.1) is 0 Å². The van der Waals surface area contributed by atoms with Crippen LogP contribution in [0.1, 0.15) is 11.3 Å². The lowest BCUT2D eigenvalue weighted by Crippen LogP contribution is -1.97. The Balaban J connectivity index is 0.000000150. The average molecular weight is 405 g/mol. The van der Waals surface area contributed by atoms with Crippen LogP contribution >= 0.6 is 0 Å². The Hall–Kier alpha value is -4.18.